The van der Waals surface area contributed by atoms with Crippen molar-refractivity contribution in [2.24, 2.45) is 0 Å². The van der Waals surface area contributed by atoms with Crippen LogP contribution in [0.2, 0.25) is 0 Å². The summed E-state index contributed by atoms with van der Waals surface area (Å²) in [5.74, 6) is -1.02. The van der Waals surface area contributed by atoms with Gasteiger partial charge in [-0.2, -0.15) is 4.31 Å². The van der Waals surface area contributed by atoms with Crippen LogP contribution in [-0.2, 0) is 39.5 Å². The van der Waals surface area contributed by atoms with Gasteiger partial charge in [0.15, 0.2) is 0 Å². The Balaban J connectivity index is 1.86. The van der Waals surface area contributed by atoms with Crippen LogP contribution in [0.15, 0.2) is 72.1 Å². The van der Waals surface area contributed by atoms with Crippen molar-refractivity contribution in [1.29, 1.82) is 5.41 Å². The number of hydrogen-bond acceptors (Lipinski definition) is 9. The number of rotatable bonds is 16. The molecular weight excluding hydrogens is 548 g/mol. The zero-order valence-corrected chi connectivity index (χ0v) is 24.5. The Morgan fingerprint density at radius 3 is 1.98 bits per heavy atom. The fraction of sp³-hybridized carbons (Fsp3) is 0.448. The quantitative estimate of drug-likeness (QED) is 0.101. The first kappa shape index (κ1) is 32.1. The zero-order chi connectivity index (χ0) is 29.5. The highest BCUT2D eigenvalue weighted by Crippen LogP contribution is 2.21. The fourth-order valence-corrected chi connectivity index (χ4v) is 5.69. The molecule has 0 aliphatic carbocycles. The van der Waals surface area contributed by atoms with Crippen molar-refractivity contribution in [3.8, 4) is 0 Å². The molecule has 1 aliphatic rings. The predicted molar refractivity (Wildman–Crippen MR) is 157 cm³/mol. The third kappa shape index (κ3) is 10.2. The monoisotopic (exact) mass is 588 g/mol. The van der Waals surface area contributed by atoms with E-state index >= 15 is 0 Å². The molecule has 0 radical (unpaired) electrons. The minimum atomic E-state index is -3.56. The lowest BCUT2D eigenvalue weighted by Gasteiger charge is -2.37. The number of hydrogen-bond donors (Lipinski definition) is 2. The first-order chi connectivity index (χ1) is 19.9. The van der Waals surface area contributed by atoms with Gasteiger partial charge in [0.1, 0.15) is 18.9 Å². The second-order valence-electron chi connectivity index (χ2n) is 9.05. The van der Waals surface area contributed by atoms with E-state index in [0.29, 0.717) is 24.5 Å². The van der Waals surface area contributed by atoms with Crippen LogP contribution >= 0.6 is 0 Å². The van der Waals surface area contributed by atoms with Crippen LogP contribution in [-0.4, -0.2) is 95.2 Å². The summed E-state index contributed by atoms with van der Waals surface area (Å²) in [6, 6.07) is 18.0. The van der Waals surface area contributed by atoms with Gasteiger partial charge in [-0.05, 0) is 31.5 Å². The molecule has 1 heterocycles. The average molecular weight is 589 g/mol. The summed E-state index contributed by atoms with van der Waals surface area (Å²) in [6.45, 7) is 6.23. The number of sulfonamides is 1. The van der Waals surface area contributed by atoms with Gasteiger partial charge in [-0.25, -0.2) is 8.42 Å². The van der Waals surface area contributed by atoms with Gasteiger partial charge in [0.2, 0.25) is 21.7 Å². The van der Waals surface area contributed by atoms with Crippen molar-refractivity contribution in [3.05, 3.63) is 77.7 Å². The zero-order valence-electron chi connectivity index (χ0n) is 23.7. The van der Waals surface area contributed by atoms with Crippen molar-refractivity contribution in [1.82, 2.24) is 9.21 Å². The lowest BCUT2D eigenvalue weighted by Crippen LogP contribution is -2.50. The highest BCUT2D eigenvalue weighted by molar-refractivity contribution is 7.88. The second kappa shape index (κ2) is 16.7. The minimum Gasteiger partial charge on any atom is -0.484 e. The Labute approximate surface area is 242 Å². The highest BCUT2D eigenvalue weighted by atomic mass is 32.2. The van der Waals surface area contributed by atoms with Gasteiger partial charge < -0.3 is 29.2 Å². The Hall–Kier alpha value is -3.45. The van der Waals surface area contributed by atoms with E-state index in [0.717, 1.165) is 0 Å². The molecule has 3 rings (SSSR count). The summed E-state index contributed by atoms with van der Waals surface area (Å²) < 4.78 is 50.0. The summed E-state index contributed by atoms with van der Waals surface area (Å²) >= 11 is 0. The smallest absolute Gasteiger partial charge is 0.293 e. The van der Waals surface area contributed by atoms with Gasteiger partial charge in [-0.1, -0.05) is 48.5 Å². The maximum Gasteiger partial charge on any atom is 0.293 e. The number of nitrogens with zero attached hydrogens (tertiary/aromatic N) is 2. The fourth-order valence-electron chi connectivity index (χ4n) is 4.17. The molecule has 2 aromatic carbocycles. The van der Waals surface area contributed by atoms with Crippen molar-refractivity contribution in [2.45, 2.75) is 19.6 Å². The van der Waals surface area contributed by atoms with Gasteiger partial charge >= 0.3 is 0 Å². The molecule has 0 spiro atoms. The molecule has 2 N–H and O–H groups in total. The first-order valence-corrected chi connectivity index (χ1v) is 15.3. The average Bonchev–Trinajstić information content (AvgIpc) is 2.98. The number of ether oxygens (including phenoxy) is 4. The number of benzene rings is 2. The Kier molecular flexibility index (Phi) is 13.1. The van der Waals surface area contributed by atoms with Crippen molar-refractivity contribution < 1.29 is 32.2 Å². The Morgan fingerprint density at radius 1 is 0.829 bits per heavy atom. The molecule has 41 heavy (non-hydrogen) atoms. The number of para-hydroxylation sites is 1. The third-order valence-electron chi connectivity index (χ3n) is 6.16. The lowest BCUT2D eigenvalue weighted by atomic mass is 10.2. The van der Waals surface area contributed by atoms with Gasteiger partial charge in [-0.15, -0.1) is 0 Å². The molecule has 1 amide bonds. The Morgan fingerprint density at radius 2 is 1.39 bits per heavy atom. The molecule has 1 aliphatic heterocycles. The highest BCUT2D eigenvalue weighted by Gasteiger charge is 2.33. The molecule has 0 bridgehead atoms. The Bertz CT molecular complexity index is 1230. The maximum atomic E-state index is 13.5. The SMILES string of the molecule is CCOCCOC(=N)/C(=C(/OCCOCC)C(=O)Nc1ccccc1)N1CCN(S(=O)(=O)Cc2ccccc2)CC1. The van der Waals surface area contributed by atoms with E-state index in [4.69, 9.17) is 24.4 Å². The number of nitrogens with one attached hydrogen (secondary N) is 2. The first-order valence-electron chi connectivity index (χ1n) is 13.7. The number of piperazine rings is 1. The molecule has 11 nitrogen and oxygen atoms in total. The predicted octanol–water partition coefficient (Wildman–Crippen LogP) is 3.07. The minimum absolute atomic E-state index is 0.0759. The van der Waals surface area contributed by atoms with Crippen LogP contribution in [0, 0.1) is 5.41 Å². The summed E-state index contributed by atoms with van der Waals surface area (Å²) in [5, 5.41) is 11.6. The molecule has 1 fully saturated rings. The molecule has 12 heteroatoms. The molecule has 224 valence electrons. The normalized spacial score (nSPS) is 14.7. The van der Waals surface area contributed by atoms with Crippen molar-refractivity contribution >= 4 is 27.5 Å². The molecule has 0 atom stereocenters. The summed E-state index contributed by atoms with van der Waals surface area (Å²) in [7, 11) is -3.56. The van der Waals surface area contributed by atoms with E-state index < -0.39 is 15.9 Å². The molecule has 0 aromatic heterocycles. The summed E-state index contributed by atoms with van der Waals surface area (Å²) in [5.41, 5.74) is 1.41. The van der Waals surface area contributed by atoms with E-state index in [1.54, 1.807) is 41.3 Å². The number of carbonyl (C=O) groups excluding carboxylic acids is 1. The van der Waals surface area contributed by atoms with E-state index in [9.17, 15) is 13.2 Å². The van der Waals surface area contributed by atoms with Crippen LogP contribution in [0.4, 0.5) is 5.69 Å². The maximum absolute atomic E-state index is 13.5. The van der Waals surface area contributed by atoms with Crippen LogP contribution in [0.25, 0.3) is 0 Å². The van der Waals surface area contributed by atoms with Crippen LogP contribution in [0.3, 0.4) is 0 Å². The largest absolute Gasteiger partial charge is 0.484 e. The lowest BCUT2D eigenvalue weighted by molar-refractivity contribution is -0.116. The standard InChI is InChI=1S/C29H40N4O7S/c1-3-37-19-21-39-27(29(34)31-25-13-9-6-10-14-25)26(28(30)40-22-20-38-4-2)32-15-17-33(18-16-32)41(35,36)23-24-11-7-5-8-12-24/h5-14,30H,3-4,15-23H2,1-2H3,(H,31,34)/b27-26-,30-28?. The molecule has 1 saturated heterocycles. The molecular formula is C29H40N4O7S. The van der Waals surface area contributed by atoms with E-state index in [1.807, 2.05) is 38.1 Å². The second-order valence-corrected chi connectivity index (χ2v) is 11.0. The van der Waals surface area contributed by atoms with Crippen LogP contribution in [0.5, 0.6) is 0 Å². The topological polar surface area (TPSA) is 130 Å². The van der Waals surface area contributed by atoms with Crippen LogP contribution < -0.4 is 5.32 Å². The van der Waals surface area contributed by atoms with Crippen molar-refractivity contribution in [2.75, 3.05) is 71.1 Å². The number of amides is 1. The molecule has 0 unspecified atom stereocenters. The molecule has 2 aromatic rings. The third-order valence-corrected chi connectivity index (χ3v) is 8.01. The summed E-state index contributed by atoms with van der Waals surface area (Å²) in [6.07, 6.45) is 0. The van der Waals surface area contributed by atoms with Gasteiger partial charge in [-0.3, -0.25) is 10.2 Å². The van der Waals surface area contributed by atoms with E-state index in [-0.39, 0.29) is 75.7 Å². The molecule has 0 saturated carbocycles. The van der Waals surface area contributed by atoms with E-state index in [1.165, 1.54) is 4.31 Å². The van der Waals surface area contributed by atoms with Gasteiger partial charge in [0.05, 0.1) is 19.0 Å². The van der Waals surface area contributed by atoms with Gasteiger partial charge in [0, 0.05) is 45.1 Å². The van der Waals surface area contributed by atoms with Crippen LogP contribution in [0.1, 0.15) is 19.4 Å². The number of anilines is 1. The van der Waals surface area contributed by atoms with E-state index in [2.05, 4.69) is 5.32 Å². The van der Waals surface area contributed by atoms with Gasteiger partial charge in [0.25, 0.3) is 5.91 Å². The summed E-state index contributed by atoms with van der Waals surface area (Å²) in [4.78, 5) is 15.3. The van der Waals surface area contributed by atoms with Crippen molar-refractivity contribution in [3.63, 3.8) is 0 Å². The number of carbonyl (C=O) groups is 1.